The number of hydrogen-bond acceptors (Lipinski definition) is 5. The van der Waals surface area contributed by atoms with Crippen molar-refractivity contribution in [3.05, 3.63) is 106 Å². The number of aromatic nitrogens is 2. The molecule has 4 aromatic rings. The van der Waals surface area contributed by atoms with Crippen LogP contribution >= 0.6 is 0 Å². The highest BCUT2D eigenvalue weighted by Gasteiger charge is 2.14. The lowest BCUT2D eigenvalue weighted by Gasteiger charge is -2.13. The molecule has 0 fully saturated rings. The highest BCUT2D eigenvalue weighted by Crippen LogP contribution is 2.32. The first-order valence-electron chi connectivity index (χ1n) is 11.6. The van der Waals surface area contributed by atoms with Crippen LogP contribution in [0.4, 0.5) is 17.1 Å². The summed E-state index contributed by atoms with van der Waals surface area (Å²) in [6, 6.07) is 23.2. The average Bonchev–Trinajstić information content (AvgIpc) is 3.31. The number of non-ortho nitro benzene ring substituents is 1. The van der Waals surface area contributed by atoms with Gasteiger partial charge in [0.2, 0.25) is 0 Å². The molecule has 0 radical (unpaired) electrons. The Morgan fingerprint density at radius 2 is 1.28 bits per heavy atom. The molecule has 0 aliphatic heterocycles. The zero-order chi connectivity index (χ0) is 25.7. The molecule has 182 valence electrons. The number of benzene rings is 3. The normalized spacial score (nSPS) is 11.3. The number of nitro groups is 1. The molecular formula is C29H29N5O2. The van der Waals surface area contributed by atoms with Crippen molar-refractivity contribution in [3.63, 3.8) is 0 Å². The first-order chi connectivity index (χ1) is 17.3. The van der Waals surface area contributed by atoms with Gasteiger partial charge < -0.3 is 14.8 Å². The predicted octanol–water partition coefficient (Wildman–Crippen LogP) is 6.51. The van der Waals surface area contributed by atoms with Crippen molar-refractivity contribution >= 4 is 29.2 Å². The van der Waals surface area contributed by atoms with Crippen molar-refractivity contribution in [1.82, 2.24) is 9.97 Å². The van der Waals surface area contributed by atoms with E-state index in [0.29, 0.717) is 0 Å². The minimum Gasteiger partial charge on any atom is -0.378 e. The molecule has 4 rings (SSSR count). The van der Waals surface area contributed by atoms with E-state index in [-0.39, 0.29) is 5.69 Å². The molecule has 0 atom stereocenters. The van der Waals surface area contributed by atoms with Crippen molar-refractivity contribution in [1.29, 1.82) is 0 Å². The second-order valence-electron chi connectivity index (χ2n) is 8.80. The van der Waals surface area contributed by atoms with Gasteiger partial charge in [-0.2, -0.15) is 0 Å². The van der Waals surface area contributed by atoms with Gasteiger partial charge in [0.25, 0.3) is 5.69 Å². The summed E-state index contributed by atoms with van der Waals surface area (Å²) in [5.41, 5.74) is 7.15. The summed E-state index contributed by atoms with van der Waals surface area (Å²) in [5, 5.41) is 10.8. The quantitative estimate of drug-likeness (QED) is 0.177. The Morgan fingerprint density at radius 1 is 0.750 bits per heavy atom. The molecular weight excluding hydrogens is 450 g/mol. The number of rotatable bonds is 8. The fourth-order valence-electron chi connectivity index (χ4n) is 3.75. The van der Waals surface area contributed by atoms with Gasteiger partial charge in [-0.25, -0.2) is 4.98 Å². The third kappa shape index (κ3) is 5.70. The van der Waals surface area contributed by atoms with E-state index in [2.05, 4.69) is 63.3 Å². The first-order valence-corrected chi connectivity index (χ1v) is 11.6. The molecule has 0 bridgehead atoms. The van der Waals surface area contributed by atoms with E-state index in [4.69, 9.17) is 4.98 Å². The third-order valence-corrected chi connectivity index (χ3v) is 5.81. The summed E-state index contributed by atoms with van der Waals surface area (Å²) in [6.07, 6.45) is 7.60. The molecule has 0 saturated heterocycles. The minimum atomic E-state index is -0.401. The third-order valence-electron chi connectivity index (χ3n) is 5.81. The Balaban J connectivity index is 1.63. The Hall–Kier alpha value is -4.65. The largest absolute Gasteiger partial charge is 0.378 e. The number of nitrogens with zero attached hydrogens (tertiary/aromatic N) is 4. The first kappa shape index (κ1) is 24.5. The van der Waals surface area contributed by atoms with Crippen LogP contribution in [0, 0.1) is 10.1 Å². The Labute approximate surface area is 211 Å². The van der Waals surface area contributed by atoms with Crippen LogP contribution in [-0.2, 0) is 0 Å². The number of nitrogens with one attached hydrogen (secondary N) is 1. The van der Waals surface area contributed by atoms with Gasteiger partial charge in [-0.3, -0.25) is 10.1 Å². The van der Waals surface area contributed by atoms with Crippen LogP contribution in [0.2, 0.25) is 0 Å². The number of nitro benzene ring substituents is 1. The van der Waals surface area contributed by atoms with Crippen LogP contribution in [0.1, 0.15) is 11.4 Å². The number of imidazole rings is 1. The van der Waals surface area contributed by atoms with E-state index in [1.807, 2.05) is 52.5 Å². The molecule has 0 aliphatic rings. The molecule has 36 heavy (non-hydrogen) atoms. The summed E-state index contributed by atoms with van der Waals surface area (Å²) < 4.78 is 0. The van der Waals surface area contributed by atoms with Crippen LogP contribution in [0.5, 0.6) is 0 Å². The van der Waals surface area contributed by atoms with Crippen LogP contribution in [0.25, 0.3) is 34.7 Å². The summed E-state index contributed by atoms with van der Waals surface area (Å²) >= 11 is 0. The molecule has 0 saturated carbocycles. The van der Waals surface area contributed by atoms with Crippen molar-refractivity contribution < 1.29 is 4.92 Å². The maximum Gasteiger partial charge on any atom is 0.269 e. The SMILES string of the molecule is CN(C)c1ccc(-c2nc(/C=C/C=C/c3ccc([N+](=O)[O-])cc3)[nH]c2-c2ccc(N(C)C)cc2)cc1. The standard InChI is InChI=1S/C29H29N5O2/c1-32(2)24-17-11-22(12-18-24)28-29(23-13-19-25(20-14-23)33(3)4)31-27(30-28)8-6-5-7-21-9-15-26(16-10-21)34(35)36/h5-20H,1-4H3,(H,30,31)/b7-5+,8-6+. The molecule has 1 heterocycles. The zero-order valence-electron chi connectivity index (χ0n) is 20.8. The molecule has 0 unspecified atom stereocenters. The number of hydrogen-bond donors (Lipinski definition) is 1. The molecule has 1 N–H and O–H groups in total. The van der Waals surface area contributed by atoms with E-state index in [1.54, 1.807) is 12.1 Å². The van der Waals surface area contributed by atoms with Crippen LogP contribution in [0.3, 0.4) is 0 Å². The summed E-state index contributed by atoms with van der Waals surface area (Å²) in [7, 11) is 8.09. The topological polar surface area (TPSA) is 78.3 Å². The van der Waals surface area contributed by atoms with Gasteiger partial charge in [0.05, 0.1) is 16.3 Å². The monoisotopic (exact) mass is 479 g/mol. The second-order valence-corrected chi connectivity index (χ2v) is 8.80. The Morgan fingerprint density at radius 3 is 1.81 bits per heavy atom. The van der Waals surface area contributed by atoms with Crippen LogP contribution in [0.15, 0.2) is 84.9 Å². The van der Waals surface area contributed by atoms with Gasteiger partial charge in [-0.1, -0.05) is 42.5 Å². The fraction of sp³-hybridized carbons (Fsp3) is 0.138. The van der Waals surface area contributed by atoms with Crippen LogP contribution < -0.4 is 9.80 Å². The highest BCUT2D eigenvalue weighted by molar-refractivity contribution is 5.81. The lowest BCUT2D eigenvalue weighted by atomic mass is 10.0. The van der Waals surface area contributed by atoms with Gasteiger partial charge >= 0.3 is 0 Å². The smallest absolute Gasteiger partial charge is 0.269 e. The van der Waals surface area contributed by atoms with Gasteiger partial charge in [-0.15, -0.1) is 0 Å². The van der Waals surface area contributed by atoms with Crippen molar-refractivity contribution in [2.24, 2.45) is 0 Å². The number of aromatic amines is 1. The Bertz CT molecular complexity index is 1310. The van der Waals surface area contributed by atoms with E-state index in [9.17, 15) is 10.1 Å². The average molecular weight is 480 g/mol. The number of H-pyrrole nitrogens is 1. The van der Waals surface area contributed by atoms with Crippen molar-refractivity contribution in [3.8, 4) is 22.5 Å². The fourth-order valence-corrected chi connectivity index (χ4v) is 3.75. The summed E-state index contributed by atoms with van der Waals surface area (Å²) in [4.78, 5) is 22.9. The molecule has 0 aliphatic carbocycles. The number of anilines is 2. The zero-order valence-corrected chi connectivity index (χ0v) is 20.8. The van der Waals surface area contributed by atoms with Crippen LogP contribution in [-0.4, -0.2) is 43.1 Å². The molecule has 1 aromatic heterocycles. The van der Waals surface area contributed by atoms with Crippen molar-refractivity contribution in [2.45, 2.75) is 0 Å². The van der Waals surface area contributed by atoms with Crippen molar-refractivity contribution in [2.75, 3.05) is 38.0 Å². The summed E-state index contributed by atoms with van der Waals surface area (Å²) in [5.74, 6) is 0.738. The Kier molecular flexibility index (Phi) is 7.30. The molecule has 0 amide bonds. The second kappa shape index (κ2) is 10.7. The molecule has 0 spiro atoms. The molecule has 7 nitrogen and oxygen atoms in total. The maximum atomic E-state index is 10.8. The predicted molar refractivity (Wildman–Crippen MR) is 149 cm³/mol. The molecule has 3 aromatic carbocycles. The van der Waals surface area contributed by atoms with E-state index >= 15 is 0 Å². The van der Waals surface area contributed by atoms with Gasteiger partial charge in [0, 0.05) is 62.8 Å². The summed E-state index contributed by atoms with van der Waals surface area (Å²) in [6.45, 7) is 0. The van der Waals surface area contributed by atoms with E-state index < -0.39 is 4.92 Å². The molecule has 7 heteroatoms. The maximum absolute atomic E-state index is 10.8. The highest BCUT2D eigenvalue weighted by atomic mass is 16.6. The van der Waals surface area contributed by atoms with E-state index in [0.717, 1.165) is 45.3 Å². The van der Waals surface area contributed by atoms with E-state index in [1.165, 1.54) is 12.1 Å². The van der Waals surface area contributed by atoms with Gasteiger partial charge in [0.15, 0.2) is 0 Å². The minimum absolute atomic E-state index is 0.0792. The lowest BCUT2D eigenvalue weighted by Crippen LogP contribution is -2.08. The van der Waals surface area contributed by atoms with Gasteiger partial charge in [-0.05, 0) is 48.0 Å². The number of allylic oxidation sites excluding steroid dienone is 2. The van der Waals surface area contributed by atoms with Gasteiger partial charge in [0.1, 0.15) is 5.82 Å². The lowest BCUT2D eigenvalue weighted by molar-refractivity contribution is -0.384.